The molecule has 26 heavy (non-hydrogen) atoms. The van der Waals surface area contributed by atoms with E-state index in [4.69, 9.17) is 9.51 Å². The number of amides is 1. The van der Waals surface area contributed by atoms with Crippen LogP contribution in [-0.4, -0.2) is 38.6 Å². The van der Waals surface area contributed by atoms with Crippen molar-refractivity contribution in [3.63, 3.8) is 0 Å². The molecule has 0 aromatic carbocycles. The maximum atomic E-state index is 13.1. The average Bonchev–Trinajstić information content (AvgIpc) is 3.30. The van der Waals surface area contributed by atoms with Gasteiger partial charge in [0.2, 0.25) is 5.91 Å². The Morgan fingerprint density at radius 1 is 1.23 bits per heavy atom. The van der Waals surface area contributed by atoms with Gasteiger partial charge in [-0.2, -0.15) is 0 Å². The highest BCUT2D eigenvalue weighted by atomic mass is 16.5. The third-order valence-corrected chi connectivity index (χ3v) is 6.08. The Bertz CT molecular complexity index is 816. The fraction of sp³-hybridized carbons (Fsp3) is 0.650. The van der Waals surface area contributed by atoms with Crippen molar-refractivity contribution in [1.29, 1.82) is 0 Å². The zero-order valence-corrected chi connectivity index (χ0v) is 16.2. The van der Waals surface area contributed by atoms with E-state index in [1.54, 1.807) is 0 Å². The van der Waals surface area contributed by atoms with Gasteiger partial charge in [-0.05, 0) is 59.8 Å². The third-order valence-electron chi connectivity index (χ3n) is 6.08. The number of aryl methyl sites for hydroxylation is 4. The number of carbonyl (C=O) groups excluding carboxylic acids is 1. The van der Waals surface area contributed by atoms with E-state index in [2.05, 4.69) is 16.6 Å². The zero-order chi connectivity index (χ0) is 18.4. The topological polar surface area (TPSA) is 64.2 Å². The van der Waals surface area contributed by atoms with Gasteiger partial charge >= 0.3 is 0 Å². The zero-order valence-electron chi connectivity index (χ0n) is 16.2. The minimum atomic E-state index is -0.210. The Morgan fingerprint density at radius 2 is 2.00 bits per heavy atom. The number of carbonyl (C=O) groups is 1. The van der Waals surface area contributed by atoms with Gasteiger partial charge in [-0.15, -0.1) is 0 Å². The van der Waals surface area contributed by atoms with E-state index in [1.165, 1.54) is 24.2 Å². The third kappa shape index (κ3) is 2.75. The molecule has 140 valence electrons. The molecule has 0 spiro atoms. The van der Waals surface area contributed by atoms with Gasteiger partial charge in [-0.1, -0.05) is 5.16 Å². The summed E-state index contributed by atoms with van der Waals surface area (Å²) in [5.74, 6) is 1.82. The van der Waals surface area contributed by atoms with E-state index in [0.29, 0.717) is 6.04 Å². The predicted molar refractivity (Wildman–Crippen MR) is 98.2 cm³/mol. The minimum Gasteiger partial charge on any atom is -0.361 e. The van der Waals surface area contributed by atoms with E-state index in [0.717, 1.165) is 55.2 Å². The fourth-order valence-electron chi connectivity index (χ4n) is 4.84. The Kier molecular flexibility index (Phi) is 4.37. The van der Waals surface area contributed by atoms with Crippen LogP contribution in [0.1, 0.15) is 72.4 Å². The molecule has 0 bridgehead atoms. The van der Waals surface area contributed by atoms with E-state index >= 15 is 0 Å². The summed E-state index contributed by atoms with van der Waals surface area (Å²) in [7, 11) is 0. The van der Waals surface area contributed by atoms with Crippen molar-refractivity contribution >= 4 is 5.91 Å². The molecule has 2 atom stereocenters. The molecule has 2 aromatic rings. The maximum absolute atomic E-state index is 13.1. The lowest BCUT2D eigenvalue weighted by Crippen LogP contribution is -2.33. The Balaban J connectivity index is 1.52. The van der Waals surface area contributed by atoms with Crippen LogP contribution in [-0.2, 0) is 17.6 Å². The number of hydrogen-bond donors (Lipinski definition) is 0. The van der Waals surface area contributed by atoms with Gasteiger partial charge in [0.1, 0.15) is 11.6 Å². The number of imidazole rings is 1. The molecule has 4 rings (SSSR count). The summed E-state index contributed by atoms with van der Waals surface area (Å²) < 4.78 is 7.67. The molecule has 1 aliphatic heterocycles. The highest BCUT2D eigenvalue weighted by Crippen LogP contribution is 2.32. The van der Waals surface area contributed by atoms with Crippen molar-refractivity contribution in [1.82, 2.24) is 19.6 Å². The average molecular weight is 356 g/mol. The number of nitrogens with zero attached hydrogens (tertiary/aromatic N) is 4. The quantitative estimate of drug-likeness (QED) is 0.847. The van der Waals surface area contributed by atoms with Crippen LogP contribution >= 0.6 is 0 Å². The molecule has 0 radical (unpaired) electrons. The molecule has 0 saturated carbocycles. The molecule has 2 aliphatic rings. The minimum absolute atomic E-state index is 0.175. The first-order valence-corrected chi connectivity index (χ1v) is 9.75. The van der Waals surface area contributed by atoms with E-state index in [9.17, 15) is 4.79 Å². The van der Waals surface area contributed by atoms with Gasteiger partial charge in [-0.25, -0.2) is 4.98 Å². The first kappa shape index (κ1) is 17.3. The Morgan fingerprint density at radius 3 is 2.73 bits per heavy atom. The van der Waals surface area contributed by atoms with Crippen LogP contribution in [0.5, 0.6) is 0 Å². The van der Waals surface area contributed by atoms with Crippen molar-refractivity contribution in [3.8, 4) is 0 Å². The molecule has 6 nitrogen and oxygen atoms in total. The lowest BCUT2D eigenvalue weighted by atomic mass is 9.98. The summed E-state index contributed by atoms with van der Waals surface area (Å²) in [4.78, 5) is 19.9. The molecule has 1 amide bonds. The summed E-state index contributed by atoms with van der Waals surface area (Å²) in [5, 5.41) is 4.00. The Hall–Kier alpha value is -2.11. The van der Waals surface area contributed by atoms with Crippen LogP contribution in [0.25, 0.3) is 0 Å². The first-order valence-electron chi connectivity index (χ1n) is 9.75. The standard InChI is InChI=1S/C20H28N4O2/c1-12(19-13(2)22-26-14(19)3)20(25)23-10-9-16(11-23)24-15(4)21-17-7-5-6-8-18(17)24/h12,16H,5-11H2,1-4H3/t12-,16+/m0/s1. The molecule has 0 N–H and O–H groups in total. The molecule has 3 heterocycles. The van der Waals surface area contributed by atoms with Gasteiger partial charge in [0, 0.05) is 24.3 Å². The van der Waals surface area contributed by atoms with Gasteiger partial charge in [0.15, 0.2) is 0 Å². The maximum Gasteiger partial charge on any atom is 0.230 e. The van der Waals surface area contributed by atoms with E-state index < -0.39 is 0 Å². The van der Waals surface area contributed by atoms with Crippen molar-refractivity contribution in [3.05, 3.63) is 34.2 Å². The van der Waals surface area contributed by atoms with Crippen LogP contribution in [0, 0.1) is 20.8 Å². The molecule has 6 heteroatoms. The van der Waals surface area contributed by atoms with Gasteiger partial charge in [-0.3, -0.25) is 4.79 Å². The van der Waals surface area contributed by atoms with Crippen molar-refractivity contribution in [2.45, 2.75) is 71.8 Å². The fourth-order valence-corrected chi connectivity index (χ4v) is 4.84. The smallest absolute Gasteiger partial charge is 0.230 e. The van der Waals surface area contributed by atoms with Crippen LogP contribution in [0.4, 0.5) is 0 Å². The SMILES string of the molecule is Cc1noc(C)c1[C@H](C)C(=O)N1CC[C@@H](n2c(C)nc3c2CCCC3)C1. The molecular formula is C20H28N4O2. The van der Waals surface area contributed by atoms with Crippen LogP contribution in [0.15, 0.2) is 4.52 Å². The van der Waals surface area contributed by atoms with E-state index in [1.807, 2.05) is 25.7 Å². The Labute approximate surface area is 154 Å². The normalized spacial score (nSPS) is 21.1. The number of rotatable bonds is 3. The largest absolute Gasteiger partial charge is 0.361 e. The van der Waals surface area contributed by atoms with Crippen molar-refractivity contribution in [2.75, 3.05) is 13.1 Å². The lowest BCUT2D eigenvalue weighted by Gasteiger charge is -2.23. The van der Waals surface area contributed by atoms with Gasteiger partial charge < -0.3 is 14.0 Å². The van der Waals surface area contributed by atoms with Crippen LogP contribution < -0.4 is 0 Å². The summed E-state index contributed by atoms with van der Waals surface area (Å²) in [6, 6.07) is 0.352. The van der Waals surface area contributed by atoms with Crippen LogP contribution in [0.3, 0.4) is 0 Å². The highest BCUT2D eigenvalue weighted by molar-refractivity contribution is 5.84. The molecular weight excluding hydrogens is 328 g/mol. The number of hydrogen-bond acceptors (Lipinski definition) is 4. The second kappa shape index (κ2) is 6.56. The molecule has 1 saturated heterocycles. The second-order valence-electron chi connectivity index (χ2n) is 7.82. The summed E-state index contributed by atoms with van der Waals surface area (Å²) in [6.07, 6.45) is 5.71. The lowest BCUT2D eigenvalue weighted by molar-refractivity contribution is -0.131. The first-order chi connectivity index (χ1) is 12.5. The highest BCUT2D eigenvalue weighted by Gasteiger charge is 2.34. The molecule has 2 aromatic heterocycles. The number of fused-ring (bicyclic) bond motifs is 1. The summed E-state index contributed by atoms with van der Waals surface area (Å²) in [6.45, 7) is 9.44. The summed E-state index contributed by atoms with van der Waals surface area (Å²) >= 11 is 0. The number of likely N-dealkylation sites (tertiary alicyclic amines) is 1. The molecule has 1 fully saturated rings. The molecule has 0 unspecified atom stereocenters. The second-order valence-corrected chi connectivity index (χ2v) is 7.82. The van der Waals surface area contributed by atoms with Crippen molar-refractivity contribution in [2.24, 2.45) is 0 Å². The summed E-state index contributed by atoms with van der Waals surface area (Å²) in [5.41, 5.74) is 4.45. The molecule has 1 aliphatic carbocycles. The van der Waals surface area contributed by atoms with Gasteiger partial charge in [0.05, 0.1) is 23.3 Å². The monoisotopic (exact) mass is 356 g/mol. The van der Waals surface area contributed by atoms with Crippen molar-refractivity contribution < 1.29 is 9.32 Å². The predicted octanol–water partition coefficient (Wildman–Crippen LogP) is 3.25. The van der Waals surface area contributed by atoms with E-state index in [-0.39, 0.29) is 11.8 Å². The van der Waals surface area contributed by atoms with Gasteiger partial charge in [0.25, 0.3) is 0 Å². The number of aromatic nitrogens is 3. The van der Waals surface area contributed by atoms with Crippen LogP contribution in [0.2, 0.25) is 0 Å².